The first-order valence-corrected chi connectivity index (χ1v) is 6.37. The van der Waals surface area contributed by atoms with Crippen LogP contribution in [0.2, 0.25) is 0 Å². The molecule has 4 nitrogen and oxygen atoms in total. The van der Waals surface area contributed by atoms with Crippen molar-refractivity contribution in [2.24, 2.45) is 5.92 Å². The van der Waals surface area contributed by atoms with Crippen molar-refractivity contribution in [2.45, 2.75) is 27.3 Å². The summed E-state index contributed by atoms with van der Waals surface area (Å²) >= 11 is 0. The van der Waals surface area contributed by atoms with Crippen LogP contribution in [0.4, 0.5) is 5.82 Å². The highest BCUT2D eigenvalue weighted by Gasteiger charge is 2.04. The molecule has 0 radical (unpaired) electrons. The molecule has 0 bridgehead atoms. The molecule has 1 N–H and O–H groups in total. The Morgan fingerprint density at radius 2 is 2.17 bits per heavy atom. The summed E-state index contributed by atoms with van der Waals surface area (Å²) in [4.78, 5) is 10.8. The van der Waals surface area contributed by atoms with Crippen LogP contribution in [0.15, 0.2) is 12.4 Å². The maximum Gasteiger partial charge on any atom is 0.147 e. The average molecular weight is 246 g/mol. The maximum atomic E-state index is 5.32. The zero-order valence-electron chi connectivity index (χ0n) is 11.5. The highest BCUT2D eigenvalue weighted by molar-refractivity contribution is 5.37. The van der Waals surface area contributed by atoms with Gasteiger partial charge >= 0.3 is 0 Å². The van der Waals surface area contributed by atoms with Gasteiger partial charge in [-0.25, -0.2) is 4.98 Å². The average Bonchev–Trinajstić information content (AvgIpc) is 2.36. The van der Waals surface area contributed by atoms with E-state index in [1.807, 2.05) is 11.1 Å². The highest BCUT2D eigenvalue weighted by Crippen LogP contribution is 2.07. The van der Waals surface area contributed by atoms with Crippen LogP contribution in [0.25, 0.3) is 0 Å². The first kappa shape index (κ1) is 14.5. The van der Waals surface area contributed by atoms with Gasteiger partial charge in [0.15, 0.2) is 0 Å². The van der Waals surface area contributed by atoms with Crippen LogP contribution in [0.5, 0.6) is 0 Å². The van der Waals surface area contributed by atoms with Gasteiger partial charge in [0.25, 0.3) is 0 Å². The van der Waals surface area contributed by atoms with E-state index in [2.05, 4.69) is 42.0 Å². The van der Waals surface area contributed by atoms with Gasteiger partial charge in [0.1, 0.15) is 5.82 Å². The first-order chi connectivity index (χ1) is 8.67. The molecule has 1 aromatic rings. The Bertz CT molecular complexity index is 378. The van der Waals surface area contributed by atoms with Crippen LogP contribution in [-0.2, 0) is 6.54 Å². The van der Waals surface area contributed by atoms with Crippen molar-refractivity contribution in [1.29, 1.82) is 0 Å². The predicted octanol–water partition coefficient (Wildman–Crippen LogP) is 1.68. The summed E-state index contributed by atoms with van der Waals surface area (Å²) in [5.41, 5.74) is 0.955. The summed E-state index contributed by atoms with van der Waals surface area (Å²) in [5.74, 6) is 4.10. The lowest BCUT2D eigenvalue weighted by atomic mass is 10.2. The second kappa shape index (κ2) is 7.67. The Kier molecular flexibility index (Phi) is 6.16. The molecule has 4 heteroatoms. The van der Waals surface area contributed by atoms with E-state index >= 15 is 0 Å². The van der Waals surface area contributed by atoms with Gasteiger partial charge in [0.2, 0.25) is 0 Å². The van der Waals surface area contributed by atoms with E-state index in [0.29, 0.717) is 12.5 Å². The monoisotopic (exact) mass is 246 g/mol. The first-order valence-electron chi connectivity index (χ1n) is 6.37. The smallest absolute Gasteiger partial charge is 0.147 e. The lowest BCUT2D eigenvalue weighted by Gasteiger charge is -2.18. The Balaban J connectivity index is 2.54. The minimum atomic E-state index is 0.566. The van der Waals surface area contributed by atoms with Crippen molar-refractivity contribution in [2.75, 3.05) is 24.5 Å². The number of anilines is 1. The van der Waals surface area contributed by atoms with E-state index in [9.17, 15) is 0 Å². The number of aromatic nitrogens is 2. The molecule has 1 aromatic heterocycles. The molecule has 0 aliphatic carbocycles. The summed E-state index contributed by atoms with van der Waals surface area (Å²) in [5, 5.41) is 3.34. The fourth-order valence-corrected chi connectivity index (χ4v) is 1.56. The Hall–Kier alpha value is -1.60. The van der Waals surface area contributed by atoms with Gasteiger partial charge in [-0.05, 0) is 19.4 Å². The second-order valence-corrected chi connectivity index (χ2v) is 4.61. The van der Waals surface area contributed by atoms with Crippen LogP contribution in [-0.4, -0.2) is 29.6 Å². The van der Waals surface area contributed by atoms with Crippen LogP contribution < -0.4 is 10.2 Å². The Morgan fingerprint density at radius 3 is 2.67 bits per heavy atom. The van der Waals surface area contributed by atoms with Gasteiger partial charge in [-0.15, -0.1) is 6.42 Å². The van der Waals surface area contributed by atoms with Crippen LogP contribution in [0, 0.1) is 18.3 Å². The number of hydrogen-bond donors (Lipinski definition) is 1. The minimum absolute atomic E-state index is 0.566. The molecular formula is C14H22N4. The summed E-state index contributed by atoms with van der Waals surface area (Å²) in [6.45, 7) is 9.56. The largest absolute Gasteiger partial charge is 0.344 e. The fourth-order valence-electron chi connectivity index (χ4n) is 1.56. The van der Waals surface area contributed by atoms with Crippen LogP contribution >= 0.6 is 0 Å². The van der Waals surface area contributed by atoms with Gasteiger partial charge in [-0.1, -0.05) is 19.8 Å². The zero-order chi connectivity index (χ0) is 13.4. The molecule has 0 aliphatic rings. The van der Waals surface area contributed by atoms with Gasteiger partial charge in [0.05, 0.1) is 24.6 Å². The third-order valence-electron chi connectivity index (χ3n) is 2.54. The van der Waals surface area contributed by atoms with E-state index in [4.69, 9.17) is 6.42 Å². The van der Waals surface area contributed by atoms with Gasteiger partial charge in [0, 0.05) is 13.1 Å². The number of terminal acetylenes is 1. The van der Waals surface area contributed by atoms with E-state index in [1.54, 1.807) is 6.20 Å². The molecule has 0 fully saturated rings. The Morgan fingerprint density at radius 1 is 1.39 bits per heavy atom. The highest BCUT2D eigenvalue weighted by atomic mass is 15.2. The van der Waals surface area contributed by atoms with E-state index in [0.717, 1.165) is 31.1 Å². The summed E-state index contributed by atoms with van der Waals surface area (Å²) < 4.78 is 0. The van der Waals surface area contributed by atoms with Crippen molar-refractivity contribution < 1.29 is 0 Å². The van der Waals surface area contributed by atoms with E-state index < -0.39 is 0 Å². The van der Waals surface area contributed by atoms with Crippen molar-refractivity contribution in [3.63, 3.8) is 0 Å². The third kappa shape index (κ3) is 4.72. The molecule has 98 valence electrons. The number of rotatable bonds is 7. The van der Waals surface area contributed by atoms with E-state index in [1.165, 1.54) is 0 Å². The minimum Gasteiger partial charge on any atom is -0.344 e. The molecule has 0 saturated carbocycles. The summed E-state index contributed by atoms with van der Waals surface area (Å²) in [6.07, 6.45) is 8.91. The topological polar surface area (TPSA) is 41.1 Å². The SMILES string of the molecule is C#CCN(CC)c1cnc(CNCC(C)C)cn1. The lowest BCUT2D eigenvalue weighted by molar-refractivity contribution is 0.547. The molecule has 0 aromatic carbocycles. The molecule has 0 saturated heterocycles. The quantitative estimate of drug-likeness (QED) is 0.743. The molecule has 0 spiro atoms. The van der Waals surface area contributed by atoms with E-state index in [-0.39, 0.29) is 0 Å². The van der Waals surface area contributed by atoms with Gasteiger partial charge in [-0.2, -0.15) is 0 Å². The number of nitrogens with zero attached hydrogens (tertiary/aromatic N) is 3. The molecular weight excluding hydrogens is 224 g/mol. The molecule has 1 heterocycles. The van der Waals surface area contributed by atoms with Gasteiger partial charge < -0.3 is 10.2 Å². The second-order valence-electron chi connectivity index (χ2n) is 4.61. The molecule has 0 aliphatic heterocycles. The lowest BCUT2D eigenvalue weighted by Crippen LogP contribution is -2.24. The van der Waals surface area contributed by atoms with Crippen molar-refractivity contribution in [3.05, 3.63) is 18.1 Å². The fraction of sp³-hybridized carbons (Fsp3) is 0.571. The summed E-state index contributed by atoms with van der Waals surface area (Å²) in [6, 6.07) is 0. The van der Waals surface area contributed by atoms with Gasteiger partial charge in [-0.3, -0.25) is 4.98 Å². The van der Waals surface area contributed by atoms with Crippen molar-refractivity contribution in [1.82, 2.24) is 15.3 Å². The number of nitrogens with one attached hydrogen (secondary N) is 1. The maximum absolute atomic E-state index is 5.32. The predicted molar refractivity (Wildman–Crippen MR) is 75.3 cm³/mol. The third-order valence-corrected chi connectivity index (χ3v) is 2.54. The molecule has 0 atom stereocenters. The van der Waals surface area contributed by atoms with Crippen LogP contribution in [0.1, 0.15) is 26.5 Å². The Labute approximate surface area is 110 Å². The molecule has 0 unspecified atom stereocenters. The summed E-state index contributed by atoms with van der Waals surface area (Å²) in [7, 11) is 0. The number of hydrogen-bond acceptors (Lipinski definition) is 4. The molecule has 0 amide bonds. The zero-order valence-corrected chi connectivity index (χ0v) is 11.5. The normalized spacial score (nSPS) is 10.4. The van der Waals surface area contributed by atoms with Crippen molar-refractivity contribution >= 4 is 5.82 Å². The molecule has 18 heavy (non-hydrogen) atoms. The standard InChI is InChI=1S/C14H22N4/c1-5-7-18(6-2)14-11-16-13(10-17-14)9-15-8-12(3)4/h1,10-12,15H,6-9H2,2-4H3. The van der Waals surface area contributed by atoms with Crippen molar-refractivity contribution in [3.8, 4) is 12.3 Å². The van der Waals surface area contributed by atoms with Crippen LogP contribution in [0.3, 0.4) is 0 Å². The molecule has 1 rings (SSSR count).